The van der Waals surface area contributed by atoms with E-state index >= 15 is 0 Å². The van der Waals surface area contributed by atoms with Crippen LogP contribution >= 0.6 is 11.6 Å². The van der Waals surface area contributed by atoms with Gasteiger partial charge in [-0.25, -0.2) is 0 Å². The van der Waals surface area contributed by atoms with Crippen LogP contribution in [-0.2, 0) is 9.47 Å². The summed E-state index contributed by atoms with van der Waals surface area (Å²) in [5.41, 5.74) is 0.391. The molecular formula is C15H19ClN2O3. The Hall–Kier alpha value is -1.17. The Morgan fingerprint density at radius 1 is 1.52 bits per heavy atom. The first kappa shape index (κ1) is 14.8. The van der Waals surface area contributed by atoms with Crippen LogP contribution in [0, 0.1) is 0 Å². The number of nitrogens with zero attached hydrogens (tertiary/aromatic N) is 2. The van der Waals surface area contributed by atoms with Gasteiger partial charge in [0.2, 0.25) is 0 Å². The molecule has 1 aliphatic carbocycles. The van der Waals surface area contributed by atoms with E-state index in [1.807, 2.05) is 4.90 Å². The van der Waals surface area contributed by atoms with Gasteiger partial charge in [0.05, 0.1) is 24.9 Å². The Labute approximate surface area is 129 Å². The largest absolute Gasteiger partial charge is 0.381 e. The Kier molecular flexibility index (Phi) is 4.42. The first-order valence-electron chi connectivity index (χ1n) is 7.26. The standard InChI is InChI=1S/C15H19ClN2O3/c1-20-11-2-3-14-13(9-11)18(6-7-21-14)15(19)12-8-10(16)4-5-17-12/h4-5,8,11,13-14H,2-3,6-7,9H2,1H3. The van der Waals surface area contributed by atoms with Gasteiger partial charge in [-0.3, -0.25) is 9.78 Å². The van der Waals surface area contributed by atoms with Gasteiger partial charge in [-0.1, -0.05) is 11.6 Å². The molecule has 1 amide bonds. The van der Waals surface area contributed by atoms with Crippen molar-refractivity contribution >= 4 is 17.5 Å². The zero-order chi connectivity index (χ0) is 14.8. The summed E-state index contributed by atoms with van der Waals surface area (Å²) < 4.78 is 11.3. The molecule has 2 fully saturated rings. The minimum atomic E-state index is -0.0763. The minimum Gasteiger partial charge on any atom is -0.381 e. The van der Waals surface area contributed by atoms with E-state index in [0.29, 0.717) is 23.9 Å². The van der Waals surface area contributed by atoms with Crippen LogP contribution in [0.3, 0.4) is 0 Å². The fourth-order valence-electron chi connectivity index (χ4n) is 3.21. The van der Waals surface area contributed by atoms with Crippen LogP contribution < -0.4 is 0 Å². The summed E-state index contributed by atoms with van der Waals surface area (Å²) in [5.74, 6) is -0.0763. The number of hydrogen-bond acceptors (Lipinski definition) is 4. The van der Waals surface area contributed by atoms with Crippen LogP contribution in [0.5, 0.6) is 0 Å². The molecule has 2 aliphatic rings. The van der Waals surface area contributed by atoms with Gasteiger partial charge in [0, 0.05) is 24.9 Å². The number of amides is 1. The van der Waals surface area contributed by atoms with Crippen molar-refractivity contribution in [2.45, 2.75) is 37.5 Å². The van der Waals surface area contributed by atoms with Crippen molar-refractivity contribution in [1.82, 2.24) is 9.88 Å². The number of methoxy groups -OCH3 is 1. The van der Waals surface area contributed by atoms with E-state index in [1.54, 1.807) is 25.4 Å². The third-order valence-corrected chi connectivity index (χ3v) is 4.54. The molecule has 0 spiro atoms. The summed E-state index contributed by atoms with van der Waals surface area (Å²) in [7, 11) is 1.72. The molecule has 1 aromatic rings. The number of aromatic nitrogens is 1. The lowest BCUT2D eigenvalue weighted by molar-refractivity contribution is -0.101. The van der Waals surface area contributed by atoms with Crippen LogP contribution in [0.25, 0.3) is 0 Å². The molecule has 1 aromatic heterocycles. The smallest absolute Gasteiger partial charge is 0.272 e. The highest BCUT2D eigenvalue weighted by Gasteiger charge is 2.40. The number of pyridine rings is 1. The van der Waals surface area contributed by atoms with Gasteiger partial charge in [-0.05, 0) is 31.4 Å². The molecule has 21 heavy (non-hydrogen) atoms. The van der Waals surface area contributed by atoms with Crippen molar-refractivity contribution in [2.75, 3.05) is 20.3 Å². The molecule has 1 aliphatic heterocycles. The molecule has 1 saturated carbocycles. The summed E-state index contributed by atoms with van der Waals surface area (Å²) in [6.45, 7) is 1.16. The van der Waals surface area contributed by atoms with Gasteiger partial charge in [0.25, 0.3) is 5.91 Å². The normalized spacial score (nSPS) is 29.0. The van der Waals surface area contributed by atoms with Crippen LogP contribution in [0.4, 0.5) is 0 Å². The number of fused-ring (bicyclic) bond motifs is 1. The van der Waals surface area contributed by atoms with Crippen LogP contribution in [0.2, 0.25) is 5.02 Å². The van der Waals surface area contributed by atoms with Gasteiger partial charge < -0.3 is 14.4 Å². The van der Waals surface area contributed by atoms with Crippen molar-refractivity contribution in [2.24, 2.45) is 0 Å². The van der Waals surface area contributed by atoms with E-state index in [4.69, 9.17) is 21.1 Å². The van der Waals surface area contributed by atoms with Gasteiger partial charge >= 0.3 is 0 Å². The number of morpholine rings is 1. The fraction of sp³-hybridized carbons (Fsp3) is 0.600. The van der Waals surface area contributed by atoms with E-state index in [2.05, 4.69) is 4.98 Å². The van der Waals surface area contributed by atoms with E-state index in [9.17, 15) is 4.79 Å². The number of rotatable bonds is 2. The minimum absolute atomic E-state index is 0.0609. The van der Waals surface area contributed by atoms with Gasteiger partial charge in [0.15, 0.2) is 0 Å². The first-order chi connectivity index (χ1) is 10.2. The average Bonchev–Trinajstić information content (AvgIpc) is 2.53. The number of ether oxygens (including phenoxy) is 2. The predicted octanol–water partition coefficient (Wildman–Crippen LogP) is 2.14. The molecule has 3 atom stereocenters. The maximum absolute atomic E-state index is 12.7. The SMILES string of the molecule is COC1CCC2OCCN(C(=O)c3cc(Cl)ccn3)C2C1. The fourth-order valence-corrected chi connectivity index (χ4v) is 3.37. The van der Waals surface area contributed by atoms with Crippen LogP contribution in [0.15, 0.2) is 18.3 Å². The highest BCUT2D eigenvalue weighted by molar-refractivity contribution is 6.30. The number of carbonyl (C=O) groups is 1. The second-order valence-corrected chi connectivity index (χ2v) is 5.94. The molecule has 0 radical (unpaired) electrons. The topological polar surface area (TPSA) is 51.7 Å². The summed E-state index contributed by atoms with van der Waals surface area (Å²) in [4.78, 5) is 18.7. The third-order valence-electron chi connectivity index (χ3n) is 4.31. The zero-order valence-corrected chi connectivity index (χ0v) is 12.8. The quantitative estimate of drug-likeness (QED) is 0.840. The summed E-state index contributed by atoms with van der Waals surface area (Å²) >= 11 is 5.96. The summed E-state index contributed by atoms with van der Waals surface area (Å²) in [6, 6.07) is 3.35. The molecule has 1 saturated heterocycles. The van der Waals surface area contributed by atoms with E-state index in [-0.39, 0.29) is 24.2 Å². The number of hydrogen-bond donors (Lipinski definition) is 0. The van der Waals surface area contributed by atoms with Crippen molar-refractivity contribution in [3.63, 3.8) is 0 Å². The lowest BCUT2D eigenvalue weighted by Crippen LogP contribution is -2.57. The molecule has 114 valence electrons. The molecule has 0 aromatic carbocycles. The van der Waals surface area contributed by atoms with Crippen molar-refractivity contribution in [1.29, 1.82) is 0 Å². The Morgan fingerprint density at radius 2 is 2.38 bits per heavy atom. The predicted molar refractivity (Wildman–Crippen MR) is 78.5 cm³/mol. The lowest BCUT2D eigenvalue weighted by atomic mass is 9.87. The molecular weight excluding hydrogens is 292 g/mol. The second-order valence-electron chi connectivity index (χ2n) is 5.51. The van der Waals surface area contributed by atoms with Crippen molar-refractivity contribution in [3.05, 3.63) is 29.0 Å². The maximum atomic E-state index is 12.7. The third kappa shape index (κ3) is 3.05. The molecule has 5 nitrogen and oxygen atoms in total. The number of halogens is 1. The first-order valence-corrected chi connectivity index (χ1v) is 7.63. The zero-order valence-electron chi connectivity index (χ0n) is 12.0. The lowest BCUT2D eigenvalue weighted by Gasteiger charge is -2.45. The second kappa shape index (κ2) is 6.30. The average molecular weight is 311 g/mol. The van der Waals surface area contributed by atoms with E-state index < -0.39 is 0 Å². The van der Waals surface area contributed by atoms with E-state index in [0.717, 1.165) is 19.3 Å². The van der Waals surface area contributed by atoms with Gasteiger partial charge in [-0.15, -0.1) is 0 Å². The van der Waals surface area contributed by atoms with Gasteiger partial charge in [-0.2, -0.15) is 0 Å². The Balaban J connectivity index is 1.80. The molecule has 2 heterocycles. The molecule has 0 bridgehead atoms. The summed E-state index contributed by atoms with van der Waals surface area (Å²) in [6.07, 6.45) is 4.58. The Morgan fingerprint density at radius 3 is 3.14 bits per heavy atom. The molecule has 3 rings (SSSR count). The monoisotopic (exact) mass is 310 g/mol. The highest BCUT2D eigenvalue weighted by Crippen LogP contribution is 2.30. The molecule has 0 N–H and O–H groups in total. The molecule has 6 heteroatoms. The van der Waals surface area contributed by atoms with Gasteiger partial charge in [0.1, 0.15) is 5.69 Å². The number of carbonyl (C=O) groups excluding carboxylic acids is 1. The van der Waals surface area contributed by atoms with Crippen LogP contribution in [0.1, 0.15) is 29.8 Å². The van der Waals surface area contributed by atoms with E-state index in [1.165, 1.54) is 0 Å². The molecule has 3 unspecified atom stereocenters. The Bertz CT molecular complexity index is 525. The summed E-state index contributed by atoms with van der Waals surface area (Å²) in [5, 5.41) is 0.525. The van der Waals surface area contributed by atoms with Crippen LogP contribution in [-0.4, -0.2) is 54.3 Å². The van der Waals surface area contributed by atoms with Crippen molar-refractivity contribution in [3.8, 4) is 0 Å². The van der Waals surface area contributed by atoms with Crippen molar-refractivity contribution < 1.29 is 14.3 Å². The maximum Gasteiger partial charge on any atom is 0.272 e. The highest BCUT2D eigenvalue weighted by atomic mass is 35.5.